The predicted octanol–water partition coefficient (Wildman–Crippen LogP) is 1.68. The number of fused-ring (bicyclic) bond motifs is 1. The number of nitrogens with one attached hydrogen (secondary N) is 1. The van der Waals surface area contributed by atoms with E-state index in [0.29, 0.717) is 22.7 Å². The Balaban J connectivity index is 1.67. The summed E-state index contributed by atoms with van der Waals surface area (Å²) in [5.74, 6) is 0.331. The zero-order valence-corrected chi connectivity index (χ0v) is 14.1. The van der Waals surface area contributed by atoms with Gasteiger partial charge in [-0.05, 0) is 42.5 Å². The average Bonchev–Trinajstić information content (AvgIpc) is 2.58. The molecule has 2 aromatic carbocycles. The van der Waals surface area contributed by atoms with Gasteiger partial charge in [-0.15, -0.1) is 0 Å². The lowest BCUT2D eigenvalue weighted by Crippen LogP contribution is -2.25. The zero-order chi connectivity index (χ0) is 18.0. The van der Waals surface area contributed by atoms with Gasteiger partial charge < -0.3 is 14.8 Å². The van der Waals surface area contributed by atoms with Crippen LogP contribution >= 0.6 is 0 Å². The molecule has 8 heteroatoms. The number of ketones is 1. The normalized spacial score (nSPS) is 13.4. The fraction of sp³-hybridized carbons (Fsp3) is 0.176. The molecular weight excluding hydrogens is 346 g/mol. The quantitative estimate of drug-likeness (QED) is 0.814. The average molecular weight is 361 g/mol. The van der Waals surface area contributed by atoms with Gasteiger partial charge >= 0.3 is 0 Å². The number of carbonyl (C=O) groups is 2. The number of carbonyl (C=O) groups excluding carboxylic acids is 2. The van der Waals surface area contributed by atoms with Crippen molar-refractivity contribution in [3.8, 4) is 11.5 Å². The number of anilines is 1. The summed E-state index contributed by atoms with van der Waals surface area (Å²) in [6.07, 6.45) is 1.12. The van der Waals surface area contributed by atoms with Crippen LogP contribution in [0.5, 0.6) is 11.5 Å². The second kappa shape index (κ2) is 6.56. The van der Waals surface area contributed by atoms with Gasteiger partial charge in [-0.25, -0.2) is 8.42 Å². The minimum Gasteiger partial charge on any atom is -0.485 e. The van der Waals surface area contributed by atoms with E-state index in [-0.39, 0.29) is 29.8 Å². The van der Waals surface area contributed by atoms with Crippen molar-refractivity contribution in [3.05, 3.63) is 48.0 Å². The van der Waals surface area contributed by atoms with Crippen LogP contribution in [0.1, 0.15) is 10.4 Å². The molecule has 0 spiro atoms. The molecule has 0 atom stereocenters. The third-order valence-electron chi connectivity index (χ3n) is 3.56. The van der Waals surface area contributed by atoms with Crippen molar-refractivity contribution in [1.82, 2.24) is 0 Å². The standard InChI is InChI=1S/C17H15NO6S/c1-25(21,22)13-5-3-12(4-6-13)23-9-15(19)11-2-7-16-14(8-11)18-17(20)10-24-16/h2-8H,9-10H2,1H3,(H,18,20). The molecule has 0 aliphatic carbocycles. The Labute approximate surface area is 144 Å². The van der Waals surface area contributed by atoms with Gasteiger partial charge in [0, 0.05) is 11.8 Å². The SMILES string of the molecule is CS(=O)(=O)c1ccc(OCC(=O)c2ccc3c(c2)NC(=O)CO3)cc1. The highest BCUT2D eigenvalue weighted by atomic mass is 32.2. The van der Waals surface area contributed by atoms with E-state index in [1.807, 2.05) is 0 Å². The van der Waals surface area contributed by atoms with Gasteiger partial charge in [0.1, 0.15) is 11.5 Å². The molecule has 7 nitrogen and oxygen atoms in total. The molecule has 0 saturated heterocycles. The number of hydrogen-bond acceptors (Lipinski definition) is 6. The molecular formula is C17H15NO6S. The predicted molar refractivity (Wildman–Crippen MR) is 89.9 cm³/mol. The first-order valence-electron chi connectivity index (χ1n) is 7.36. The molecule has 1 N–H and O–H groups in total. The van der Waals surface area contributed by atoms with Crippen LogP contribution in [0.2, 0.25) is 0 Å². The lowest BCUT2D eigenvalue weighted by molar-refractivity contribution is -0.118. The van der Waals surface area contributed by atoms with Crippen LogP contribution in [-0.4, -0.2) is 39.6 Å². The van der Waals surface area contributed by atoms with E-state index in [9.17, 15) is 18.0 Å². The maximum absolute atomic E-state index is 12.2. The number of amides is 1. The number of Topliss-reactive ketones (excluding diaryl/α,β-unsaturated/α-hetero) is 1. The molecule has 0 aromatic heterocycles. The van der Waals surface area contributed by atoms with Gasteiger partial charge in [0.05, 0.1) is 10.6 Å². The first-order chi connectivity index (χ1) is 11.8. The van der Waals surface area contributed by atoms with Crippen LogP contribution in [0, 0.1) is 0 Å². The summed E-state index contributed by atoms with van der Waals surface area (Å²) in [6.45, 7) is -0.265. The van der Waals surface area contributed by atoms with Crippen LogP contribution in [-0.2, 0) is 14.6 Å². The van der Waals surface area contributed by atoms with Crippen molar-refractivity contribution in [2.45, 2.75) is 4.90 Å². The molecule has 1 heterocycles. The molecule has 0 bridgehead atoms. The Morgan fingerprint density at radius 1 is 1.20 bits per heavy atom. The lowest BCUT2D eigenvalue weighted by Gasteiger charge is -2.18. The van der Waals surface area contributed by atoms with E-state index < -0.39 is 9.84 Å². The van der Waals surface area contributed by atoms with Crippen molar-refractivity contribution in [2.75, 3.05) is 24.8 Å². The molecule has 0 radical (unpaired) electrons. The summed E-state index contributed by atoms with van der Waals surface area (Å²) in [6, 6.07) is 10.6. The first-order valence-corrected chi connectivity index (χ1v) is 9.25. The van der Waals surface area contributed by atoms with Crippen LogP contribution < -0.4 is 14.8 Å². The first kappa shape index (κ1) is 17.0. The van der Waals surface area contributed by atoms with Gasteiger partial charge in [-0.3, -0.25) is 9.59 Å². The Bertz CT molecular complexity index is 934. The third kappa shape index (κ3) is 3.97. The summed E-state index contributed by atoms with van der Waals surface area (Å²) in [5.41, 5.74) is 0.817. The smallest absolute Gasteiger partial charge is 0.262 e. The van der Waals surface area contributed by atoms with E-state index >= 15 is 0 Å². The van der Waals surface area contributed by atoms with Gasteiger partial charge in [0.2, 0.25) is 0 Å². The van der Waals surface area contributed by atoms with E-state index in [4.69, 9.17) is 9.47 Å². The Morgan fingerprint density at radius 3 is 2.60 bits per heavy atom. The highest BCUT2D eigenvalue weighted by molar-refractivity contribution is 7.90. The minimum atomic E-state index is -3.28. The molecule has 1 aliphatic rings. The number of sulfone groups is 1. The van der Waals surface area contributed by atoms with Crippen molar-refractivity contribution in [1.29, 1.82) is 0 Å². The van der Waals surface area contributed by atoms with E-state index in [1.54, 1.807) is 12.1 Å². The van der Waals surface area contributed by atoms with E-state index in [1.165, 1.54) is 30.3 Å². The molecule has 0 unspecified atom stereocenters. The van der Waals surface area contributed by atoms with Crippen LogP contribution in [0.25, 0.3) is 0 Å². The van der Waals surface area contributed by atoms with Gasteiger partial charge in [0.15, 0.2) is 28.8 Å². The fourth-order valence-electron chi connectivity index (χ4n) is 2.27. The third-order valence-corrected chi connectivity index (χ3v) is 4.68. The van der Waals surface area contributed by atoms with Crippen molar-refractivity contribution in [2.24, 2.45) is 0 Å². The lowest BCUT2D eigenvalue weighted by atomic mass is 10.1. The molecule has 1 aliphatic heterocycles. The maximum atomic E-state index is 12.2. The molecule has 3 rings (SSSR count). The molecule has 0 saturated carbocycles. The topological polar surface area (TPSA) is 98.8 Å². The molecule has 25 heavy (non-hydrogen) atoms. The summed E-state index contributed by atoms with van der Waals surface area (Å²) in [5, 5.41) is 2.64. The van der Waals surface area contributed by atoms with Crippen molar-refractivity contribution < 1.29 is 27.5 Å². The van der Waals surface area contributed by atoms with Crippen molar-refractivity contribution in [3.63, 3.8) is 0 Å². The Hall–Kier alpha value is -2.87. The maximum Gasteiger partial charge on any atom is 0.262 e. The summed E-state index contributed by atoms with van der Waals surface area (Å²) in [4.78, 5) is 23.7. The second-order valence-corrected chi connectivity index (χ2v) is 7.52. The summed E-state index contributed by atoms with van der Waals surface area (Å²) < 4.78 is 33.4. The highest BCUT2D eigenvalue weighted by Crippen LogP contribution is 2.28. The molecule has 2 aromatic rings. The number of rotatable bonds is 5. The fourth-order valence-corrected chi connectivity index (χ4v) is 2.90. The Kier molecular flexibility index (Phi) is 4.45. The number of benzene rings is 2. The highest BCUT2D eigenvalue weighted by Gasteiger charge is 2.18. The molecule has 1 amide bonds. The molecule has 130 valence electrons. The van der Waals surface area contributed by atoms with Gasteiger partial charge in [-0.1, -0.05) is 0 Å². The monoisotopic (exact) mass is 361 g/mol. The minimum absolute atomic E-state index is 0.0487. The van der Waals surface area contributed by atoms with E-state index in [0.717, 1.165) is 6.26 Å². The van der Waals surface area contributed by atoms with Crippen LogP contribution in [0.3, 0.4) is 0 Å². The summed E-state index contributed by atoms with van der Waals surface area (Å²) in [7, 11) is -3.28. The van der Waals surface area contributed by atoms with Crippen LogP contribution in [0.4, 0.5) is 5.69 Å². The zero-order valence-electron chi connectivity index (χ0n) is 13.3. The number of ether oxygens (including phenoxy) is 2. The second-order valence-electron chi connectivity index (χ2n) is 5.50. The van der Waals surface area contributed by atoms with Crippen molar-refractivity contribution >= 4 is 27.2 Å². The van der Waals surface area contributed by atoms with Crippen LogP contribution in [0.15, 0.2) is 47.4 Å². The number of hydrogen-bond donors (Lipinski definition) is 1. The summed E-state index contributed by atoms with van der Waals surface area (Å²) >= 11 is 0. The Morgan fingerprint density at radius 2 is 1.92 bits per heavy atom. The van der Waals surface area contributed by atoms with E-state index in [2.05, 4.69) is 5.32 Å². The molecule has 0 fully saturated rings. The largest absolute Gasteiger partial charge is 0.485 e. The van der Waals surface area contributed by atoms with Gasteiger partial charge in [0.25, 0.3) is 5.91 Å². The van der Waals surface area contributed by atoms with Gasteiger partial charge in [-0.2, -0.15) is 0 Å².